The second-order valence-electron chi connectivity index (χ2n) is 9.19. The Bertz CT molecular complexity index is 1550. The van der Waals surface area contributed by atoms with Crippen molar-refractivity contribution in [1.29, 1.82) is 0 Å². The van der Waals surface area contributed by atoms with Crippen molar-refractivity contribution in [3.8, 4) is 11.5 Å². The lowest BCUT2D eigenvalue weighted by atomic mass is 9.93. The summed E-state index contributed by atoms with van der Waals surface area (Å²) in [6.07, 6.45) is 1.43. The third kappa shape index (κ3) is 5.78. The molecular weight excluding hydrogens is 492 g/mol. The van der Waals surface area contributed by atoms with Gasteiger partial charge in [0.1, 0.15) is 11.5 Å². The number of carbonyl (C=O) groups excluding carboxylic acids is 2. The minimum atomic E-state index is -0.399. The molecule has 0 bridgehead atoms. The highest BCUT2D eigenvalue weighted by atomic mass is 32.1. The van der Waals surface area contributed by atoms with E-state index in [0.717, 1.165) is 5.69 Å². The maximum Gasteiger partial charge on any atom is 0.325 e. The van der Waals surface area contributed by atoms with E-state index < -0.39 is 5.91 Å². The predicted molar refractivity (Wildman–Crippen MR) is 143 cm³/mol. The van der Waals surface area contributed by atoms with Crippen molar-refractivity contribution in [2.45, 2.75) is 26.2 Å². The fourth-order valence-electron chi connectivity index (χ4n) is 3.37. The number of H-pyrrole nitrogens is 1. The SMILES string of the molecule is CC(C)(C)c1csc(NC(=O)Nc2ccc(Oc3ccc4nc(NC(=O)c5ccco5)[nH]c4c3)cc2)n1. The van der Waals surface area contributed by atoms with Crippen LogP contribution in [-0.2, 0) is 5.41 Å². The van der Waals surface area contributed by atoms with E-state index in [1.807, 2.05) is 5.38 Å². The zero-order valence-corrected chi connectivity index (χ0v) is 21.1. The van der Waals surface area contributed by atoms with Crippen LogP contribution in [0, 0.1) is 0 Å². The highest BCUT2D eigenvalue weighted by Gasteiger charge is 2.18. The Kier molecular flexibility index (Phi) is 6.36. The summed E-state index contributed by atoms with van der Waals surface area (Å²) >= 11 is 1.39. The molecule has 188 valence electrons. The van der Waals surface area contributed by atoms with Crippen LogP contribution in [0.3, 0.4) is 0 Å². The lowest BCUT2D eigenvalue weighted by Crippen LogP contribution is -2.19. The monoisotopic (exact) mass is 516 g/mol. The van der Waals surface area contributed by atoms with E-state index in [1.165, 1.54) is 17.6 Å². The van der Waals surface area contributed by atoms with Crippen LogP contribution < -0.4 is 20.7 Å². The Hall–Kier alpha value is -4.64. The molecule has 3 amide bonds. The van der Waals surface area contributed by atoms with Gasteiger partial charge in [-0.05, 0) is 48.5 Å². The minimum Gasteiger partial charge on any atom is -0.459 e. The Morgan fingerprint density at radius 1 is 0.973 bits per heavy atom. The molecule has 0 aliphatic carbocycles. The summed E-state index contributed by atoms with van der Waals surface area (Å²) in [5.74, 6) is 1.26. The summed E-state index contributed by atoms with van der Waals surface area (Å²) in [4.78, 5) is 36.4. The maximum absolute atomic E-state index is 12.3. The fraction of sp³-hybridized carbons (Fsp3) is 0.154. The van der Waals surface area contributed by atoms with Gasteiger partial charge < -0.3 is 19.5 Å². The number of thiazole rings is 1. The number of fused-ring (bicyclic) bond motifs is 1. The van der Waals surface area contributed by atoms with E-state index >= 15 is 0 Å². The summed E-state index contributed by atoms with van der Waals surface area (Å²) in [5.41, 5.74) is 2.82. The molecule has 0 saturated carbocycles. The second kappa shape index (κ2) is 9.78. The summed E-state index contributed by atoms with van der Waals surface area (Å²) in [6, 6.07) is 15.2. The number of aromatic amines is 1. The predicted octanol–water partition coefficient (Wildman–Crippen LogP) is 6.60. The van der Waals surface area contributed by atoms with Gasteiger partial charge in [0.15, 0.2) is 10.9 Å². The average molecular weight is 517 g/mol. The number of anilines is 3. The third-order valence-corrected chi connectivity index (χ3v) is 6.03. The van der Waals surface area contributed by atoms with E-state index in [2.05, 4.69) is 51.7 Å². The number of urea groups is 1. The highest BCUT2D eigenvalue weighted by molar-refractivity contribution is 7.14. The molecule has 4 N–H and O–H groups in total. The summed E-state index contributed by atoms with van der Waals surface area (Å²) in [6.45, 7) is 6.22. The van der Waals surface area contributed by atoms with Gasteiger partial charge in [0.2, 0.25) is 5.95 Å². The summed E-state index contributed by atoms with van der Waals surface area (Å²) < 4.78 is 11.0. The Morgan fingerprint density at radius 3 is 2.46 bits per heavy atom. The van der Waals surface area contributed by atoms with Gasteiger partial charge in [-0.2, -0.15) is 0 Å². The van der Waals surface area contributed by atoms with Gasteiger partial charge in [-0.15, -0.1) is 11.3 Å². The molecule has 0 radical (unpaired) electrons. The van der Waals surface area contributed by atoms with Crippen LogP contribution in [0.5, 0.6) is 11.5 Å². The number of hydrogen-bond donors (Lipinski definition) is 4. The molecule has 5 rings (SSSR count). The number of aromatic nitrogens is 3. The molecule has 0 saturated heterocycles. The van der Waals surface area contributed by atoms with E-state index in [1.54, 1.807) is 54.6 Å². The Morgan fingerprint density at radius 2 is 1.76 bits per heavy atom. The van der Waals surface area contributed by atoms with Crippen molar-refractivity contribution >= 4 is 51.1 Å². The molecule has 0 aliphatic heterocycles. The normalized spacial score (nSPS) is 11.3. The van der Waals surface area contributed by atoms with Crippen LogP contribution in [0.1, 0.15) is 37.0 Å². The number of carbonyl (C=O) groups is 2. The molecule has 0 unspecified atom stereocenters. The Labute approximate surface area is 216 Å². The van der Waals surface area contributed by atoms with Crippen molar-refractivity contribution in [2.75, 3.05) is 16.0 Å². The van der Waals surface area contributed by atoms with Gasteiger partial charge in [-0.25, -0.2) is 14.8 Å². The number of nitrogens with zero attached hydrogens (tertiary/aromatic N) is 2. The van der Waals surface area contributed by atoms with Crippen molar-refractivity contribution in [3.05, 3.63) is 77.7 Å². The molecular formula is C26H24N6O4S. The number of hydrogen-bond acceptors (Lipinski definition) is 7. The second-order valence-corrected chi connectivity index (χ2v) is 10.0. The van der Waals surface area contributed by atoms with Crippen LogP contribution in [0.4, 0.5) is 21.6 Å². The third-order valence-electron chi connectivity index (χ3n) is 5.27. The first-order valence-electron chi connectivity index (χ1n) is 11.4. The van der Waals surface area contributed by atoms with E-state index in [0.29, 0.717) is 39.3 Å². The molecule has 11 heteroatoms. The van der Waals surface area contributed by atoms with Crippen molar-refractivity contribution in [3.63, 3.8) is 0 Å². The van der Waals surface area contributed by atoms with Gasteiger partial charge in [0.25, 0.3) is 5.91 Å². The first-order chi connectivity index (χ1) is 17.7. The molecule has 0 atom stereocenters. The smallest absolute Gasteiger partial charge is 0.325 e. The largest absolute Gasteiger partial charge is 0.459 e. The molecule has 3 aromatic heterocycles. The van der Waals surface area contributed by atoms with E-state index in [9.17, 15) is 9.59 Å². The van der Waals surface area contributed by atoms with Crippen molar-refractivity contribution in [2.24, 2.45) is 0 Å². The van der Waals surface area contributed by atoms with E-state index in [4.69, 9.17) is 9.15 Å². The maximum atomic E-state index is 12.3. The molecule has 2 aromatic carbocycles. The zero-order chi connectivity index (χ0) is 26.0. The number of furan rings is 1. The number of imidazole rings is 1. The van der Waals surface area contributed by atoms with Gasteiger partial charge >= 0.3 is 6.03 Å². The van der Waals surface area contributed by atoms with Gasteiger partial charge in [0.05, 0.1) is 23.0 Å². The lowest BCUT2D eigenvalue weighted by molar-refractivity contribution is 0.0996. The lowest BCUT2D eigenvalue weighted by Gasteiger charge is -2.14. The minimum absolute atomic E-state index is 0.0801. The summed E-state index contributed by atoms with van der Waals surface area (Å²) in [7, 11) is 0. The number of amides is 3. The molecule has 37 heavy (non-hydrogen) atoms. The highest BCUT2D eigenvalue weighted by Crippen LogP contribution is 2.28. The van der Waals surface area contributed by atoms with Crippen molar-refractivity contribution < 1.29 is 18.7 Å². The van der Waals surface area contributed by atoms with E-state index in [-0.39, 0.29) is 17.2 Å². The number of benzene rings is 2. The van der Waals surface area contributed by atoms with Gasteiger partial charge in [-0.1, -0.05) is 20.8 Å². The first kappa shape index (κ1) is 24.1. The van der Waals surface area contributed by atoms with Crippen LogP contribution in [-0.4, -0.2) is 26.9 Å². The van der Waals surface area contributed by atoms with Crippen LogP contribution in [0.2, 0.25) is 0 Å². The average Bonchev–Trinajstić information content (AvgIpc) is 3.60. The topological polar surface area (TPSA) is 134 Å². The molecule has 0 fully saturated rings. The standard InChI is InChI=1S/C26H24N6O4S/c1-26(2,3)21-14-37-25(30-21)32-24(34)27-15-6-8-16(9-7-15)36-17-10-11-18-19(13-17)29-23(28-18)31-22(33)20-5-4-12-35-20/h4-14H,1-3H3,(H2,27,30,32,34)(H2,28,29,31,33). The molecule has 0 spiro atoms. The van der Waals surface area contributed by atoms with Crippen LogP contribution >= 0.6 is 11.3 Å². The fourth-order valence-corrected chi connectivity index (χ4v) is 4.30. The van der Waals surface area contributed by atoms with Gasteiger partial charge in [0, 0.05) is 22.5 Å². The molecule has 10 nitrogen and oxygen atoms in total. The zero-order valence-electron chi connectivity index (χ0n) is 20.3. The van der Waals surface area contributed by atoms with Gasteiger partial charge in [-0.3, -0.25) is 15.4 Å². The molecule has 3 heterocycles. The van der Waals surface area contributed by atoms with Crippen LogP contribution in [0.25, 0.3) is 11.0 Å². The van der Waals surface area contributed by atoms with Crippen LogP contribution in [0.15, 0.2) is 70.7 Å². The molecule has 0 aliphatic rings. The van der Waals surface area contributed by atoms with Crippen molar-refractivity contribution in [1.82, 2.24) is 15.0 Å². The number of ether oxygens (including phenoxy) is 1. The Balaban J connectivity index is 1.19. The number of rotatable bonds is 6. The quantitative estimate of drug-likeness (QED) is 0.201. The summed E-state index contributed by atoms with van der Waals surface area (Å²) in [5, 5.41) is 10.7. The number of nitrogens with one attached hydrogen (secondary N) is 4. The molecule has 5 aromatic rings. The first-order valence-corrected chi connectivity index (χ1v) is 12.3.